The Morgan fingerprint density at radius 2 is 1.88 bits per heavy atom. The van der Waals surface area contributed by atoms with Gasteiger partial charge in [-0.25, -0.2) is 4.39 Å². The van der Waals surface area contributed by atoms with E-state index in [1.807, 2.05) is 0 Å². The van der Waals surface area contributed by atoms with Crippen molar-refractivity contribution in [2.45, 2.75) is 19.2 Å². The monoisotopic (exact) mass is 341 g/mol. The van der Waals surface area contributed by atoms with Gasteiger partial charge < -0.3 is 10.4 Å². The van der Waals surface area contributed by atoms with E-state index in [2.05, 4.69) is 5.32 Å². The SMILES string of the molecule is Cc1ccccc1C(O)CNC(=O)c1cc(C(F)(F)F)ccc1F. The fourth-order valence-electron chi connectivity index (χ4n) is 2.23. The minimum atomic E-state index is -4.68. The molecule has 1 atom stereocenters. The third kappa shape index (κ3) is 4.11. The highest BCUT2D eigenvalue weighted by Gasteiger charge is 2.32. The summed E-state index contributed by atoms with van der Waals surface area (Å²) in [5.74, 6) is -2.09. The third-order valence-corrected chi connectivity index (χ3v) is 3.54. The van der Waals surface area contributed by atoms with Crippen LogP contribution in [0.3, 0.4) is 0 Å². The predicted molar refractivity (Wildman–Crippen MR) is 79.9 cm³/mol. The van der Waals surface area contributed by atoms with Gasteiger partial charge in [0.05, 0.1) is 17.2 Å². The zero-order chi connectivity index (χ0) is 17.9. The average molecular weight is 341 g/mol. The molecule has 0 saturated heterocycles. The van der Waals surface area contributed by atoms with Crippen molar-refractivity contribution in [2.24, 2.45) is 0 Å². The number of hydrogen-bond donors (Lipinski definition) is 2. The molecule has 0 spiro atoms. The van der Waals surface area contributed by atoms with Crippen molar-refractivity contribution in [3.8, 4) is 0 Å². The van der Waals surface area contributed by atoms with Crippen LogP contribution >= 0.6 is 0 Å². The number of rotatable bonds is 4. The molecule has 0 heterocycles. The highest BCUT2D eigenvalue weighted by molar-refractivity contribution is 5.94. The van der Waals surface area contributed by atoms with Crippen LogP contribution in [0.2, 0.25) is 0 Å². The van der Waals surface area contributed by atoms with Crippen LogP contribution in [0, 0.1) is 12.7 Å². The van der Waals surface area contributed by atoms with Crippen LogP contribution in [0.25, 0.3) is 0 Å². The minimum absolute atomic E-state index is 0.251. The molecule has 24 heavy (non-hydrogen) atoms. The molecule has 1 unspecified atom stereocenters. The Kier molecular flexibility index (Phi) is 5.23. The van der Waals surface area contributed by atoms with E-state index in [0.29, 0.717) is 23.8 Å². The summed E-state index contributed by atoms with van der Waals surface area (Å²) in [6.07, 6.45) is -5.73. The molecule has 128 valence electrons. The minimum Gasteiger partial charge on any atom is -0.387 e. The van der Waals surface area contributed by atoms with Crippen molar-refractivity contribution in [3.63, 3.8) is 0 Å². The maximum Gasteiger partial charge on any atom is 0.416 e. The fourth-order valence-corrected chi connectivity index (χ4v) is 2.23. The van der Waals surface area contributed by atoms with E-state index < -0.39 is 35.1 Å². The van der Waals surface area contributed by atoms with Gasteiger partial charge in [0.15, 0.2) is 0 Å². The molecule has 0 radical (unpaired) electrons. The predicted octanol–water partition coefficient (Wildman–Crippen LogP) is 3.62. The first kappa shape index (κ1) is 17.9. The summed E-state index contributed by atoms with van der Waals surface area (Å²) in [6.45, 7) is 1.52. The van der Waals surface area contributed by atoms with E-state index in [4.69, 9.17) is 0 Å². The first-order valence-electron chi connectivity index (χ1n) is 7.08. The summed E-state index contributed by atoms with van der Waals surface area (Å²) in [4.78, 5) is 11.9. The van der Waals surface area contributed by atoms with E-state index in [-0.39, 0.29) is 6.54 Å². The first-order valence-corrected chi connectivity index (χ1v) is 7.08. The molecule has 2 N–H and O–H groups in total. The second kappa shape index (κ2) is 7.00. The van der Waals surface area contributed by atoms with Crippen LogP contribution < -0.4 is 5.32 Å². The van der Waals surface area contributed by atoms with Crippen molar-refractivity contribution < 1.29 is 27.5 Å². The summed E-state index contributed by atoms with van der Waals surface area (Å²) in [6, 6.07) is 8.53. The van der Waals surface area contributed by atoms with Crippen molar-refractivity contribution in [2.75, 3.05) is 6.54 Å². The number of aryl methyl sites for hydroxylation is 1. The third-order valence-electron chi connectivity index (χ3n) is 3.54. The van der Waals surface area contributed by atoms with Gasteiger partial charge in [-0.3, -0.25) is 4.79 Å². The summed E-state index contributed by atoms with van der Waals surface area (Å²) < 4.78 is 51.6. The van der Waals surface area contributed by atoms with Crippen molar-refractivity contribution >= 4 is 5.91 Å². The van der Waals surface area contributed by atoms with Crippen molar-refractivity contribution in [3.05, 3.63) is 70.5 Å². The molecule has 1 amide bonds. The van der Waals surface area contributed by atoms with Gasteiger partial charge in [-0.05, 0) is 36.2 Å². The molecule has 2 aromatic rings. The van der Waals surface area contributed by atoms with Gasteiger partial charge in [0.25, 0.3) is 5.91 Å². The quantitative estimate of drug-likeness (QED) is 0.835. The smallest absolute Gasteiger partial charge is 0.387 e. The van der Waals surface area contributed by atoms with Gasteiger partial charge in [0.1, 0.15) is 5.82 Å². The first-order chi connectivity index (χ1) is 11.2. The number of carbonyl (C=O) groups is 1. The lowest BCUT2D eigenvalue weighted by molar-refractivity contribution is -0.137. The largest absolute Gasteiger partial charge is 0.416 e. The maximum atomic E-state index is 13.6. The Labute approximate surface area is 135 Å². The van der Waals surface area contributed by atoms with Crippen LogP contribution in [0.15, 0.2) is 42.5 Å². The molecule has 0 fully saturated rings. The number of aliphatic hydroxyl groups excluding tert-OH is 1. The highest BCUT2D eigenvalue weighted by Crippen LogP contribution is 2.30. The van der Waals surface area contributed by atoms with E-state index in [0.717, 1.165) is 5.56 Å². The Morgan fingerprint density at radius 3 is 2.50 bits per heavy atom. The molecule has 2 rings (SSSR count). The molecule has 0 bridgehead atoms. The van der Waals surface area contributed by atoms with Gasteiger partial charge in [-0.15, -0.1) is 0 Å². The van der Waals surface area contributed by atoms with Crippen LogP contribution in [0.1, 0.15) is 33.2 Å². The molecule has 2 aromatic carbocycles. The lowest BCUT2D eigenvalue weighted by Crippen LogP contribution is -2.29. The molecule has 3 nitrogen and oxygen atoms in total. The number of halogens is 4. The zero-order valence-electron chi connectivity index (χ0n) is 12.7. The number of hydrogen-bond acceptors (Lipinski definition) is 2. The molecule has 0 aliphatic rings. The van der Waals surface area contributed by atoms with Crippen LogP contribution in [0.4, 0.5) is 17.6 Å². The van der Waals surface area contributed by atoms with Crippen LogP contribution in [-0.2, 0) is 6.18 Å². The summed E-state index contributed by atoms with van der Waals surface area (Å²) >= 11 is 0. The molecule has 7 heteroatoms. The number of amides is 1. The number of benzene rings is 2. The van der Waals surface area contributed by atoms with Gasteiger partial charge in [0.2, 0.25) is 0 Å². The summed E-state index contributed by atoms with van der Waals surface area (Å²) in [5, 5.41) is 12.3. The number of carbonyl (C=O) groups excluding carboxylic acids is 1. The second-order valence-corrected chi connectivity index (χ2v) is 5.27. The lowest BCUT2D eigenvalue weighted by atomic mass is 10.0. The normalized spacial score (nSPS) is 12.8. The average Bonchev–Trinajstić information content (AvgIpc) is 2.52. The van der Waals surface area contributed by atoms with Gasteiger partial charge in [0, 0.05) is 6.54 Å². The molecule has 0 saturated carbocycles. The maximum absolute atomic E-state index is 13.6. The van der Waals surface area contributed by atoms with Crippen LogP contribution in [-0.4, -0.2) is 17.6 Å². The molecule has 0 aliphatic carbocycles. The number of nitrogens with one attached hydrogen (secondary N) is 1. The lowest BCUT2D eigenvalue weighted by Gasteiger charge is -2.15. The van der Waals surface area contributed by atoms with Gasteiger partial charge in [-0.1, -0.05) is 24.3 Å². The fraction of sp³-hybridized carbons (Fsp3) is 0.235. The van der Waals surface area contributed by atoms with Crippen molar-refractivity contribution in [1.82, 2.24) is 5.32 Å². The van der Waals surface area contributed by atoms with E-state index in [1.165, 1.54) is 0 Å². The van der Waals surface area contributed by atoms with Crippen molar-refractivity contribution in [1.29, 1.82) is 0 Å². The van der Waals surface area contributed by atoms with E-state index in [9.17, 15) is 27.5 Å². The van der Waals surface area contributed by atoms with Gasteiger partial charge in [-0.2, -0.15) is 13.2 Å². The Morgan fingerprint density at radius 1 is 1.21 bits per heavy atom. The Balaban J connectivity index is 2.12. The summed E-state index contributed by atoms with van der Waals surface area (Å²) in [5.41, 5.74) is -0.470. The Bertz CT molecular complexity index is 744. The van der Waals surface area contributed by atoms with Gasteiger partial charge >= 0.3 is 6.18 Å². The van der Waals surface area contributed by atoms with E-state index >= 15 is 0 Å². The molecular formula is C17H15F4NO2. The van der Waals surface area contributed by atoms with Crippen LogP contribution in [0.5, 0.6) is 0 Å². The Hall–Kier alpha value is -2.41. The number of alkyl halides is 3. The number of aliphatic hydroxyl groups is 1. The molecular weight excluding hydrogens is 326 g/mol. The van der Waals surface area contributed by atoms with E-state index in [1.54, 1.807) is 31.2 Å². The molecule has 0 aromatic heterocycles. The summed E-state index contributed by atoms with van der Waals surface area (Å²) in [7, 11) is 0. The zero-order valence-corrected chi connectivity index (χ0v) is 12.7. The second-order valence-electron chi connectivity index (χ2n) is 5.27. The standard InChI is InChI=1S/C17H15F4NO2/c1-10-4-2-3-5-12(10)15(23)9-22-16(24)13-8-11(17(19,20)21)6-7-14(13)18/h2-8,15,23H,9H2,1H3,(H,22,24). The molecule has 0 aliphatic heterocycles. The topological polar surface area (TPSA) is 49.3 Å². The highest BCUT2D eigenvalue weighted by atomic mass is 19.4.